The van der Waals surface area contributed by atoms with Crippen molar-refractivity contribution in [1.82, 2.24) is 0 Å². The van der Waals surface area contributed by atoms with Crippen molar-refractivity contribution in [3.05, 3.63) is 168 Å². The molecule has 0 saturated heterocycles. The van der Waals surface area contributed by atoms with Gasteiger partial charge in [0.1, 0.15) is 23.0 Å². The van der Waals surface area contributed by atoms with Crippen LogP contribution >= 0.6 is 0 Å². The molecule has 0 aliphatic rings. The van der Waals surface area contributed by atoms with Crippen LogP contribution in [0.3, 0.4) is 0 Å². The van der Waals surface area contributed by atoms with Crippen LogP contribution < -0.4 is 0 Å². The molecule has 0 radical (unpaired) electrons. The van der Waals surface area contributed by atoms with Crippen LogP contribution in [0.15, 0.2) is 146 Å². The van der Waals surface area contributed by atoms with Gasteiger partial charge in [-0.3, -0.25) is 0 Å². The van der Waals surface area contributed by atoms with E-state index in [1.807, 2.05) is 72.8 Å². The standard InChI is InChI=1S/C47H48O4/c1-4-6-17-35(5-2)47(36-18-24-40(48)25-19-36,37-20-26-41(49)27-21-37)32-46(3,38-22-28-44(50)42(30-38)33-13-9-7-10-14-33)39-23-29-45(51)43(31-39)34-15-11-8-12-16-34/h7-16,18-31,35,48-51H,4-6,17,32H2,1-3H3. The van der Waals surface area contributed by atoms with Crippen LogP contribution in [0.5, 0.6) is 23.0 Å². The van der Waals surface area contributed by atoms with E-state index in [4.69, 9.17) is 0 Å². The van der Waals surface area contributed by atoms with Gasteiger partial charge in [-0.15, -0.1) is 0 Å². The molecule has 0 heterocycles. The van der Waals surface area contributed by atoms with Gasteiger partial charge in [0, 0.05) is 22.0 Å². The van der Waals surface area contributed by atoms with Crippen molar-refractivity contribution in [2.45, 2.75) is 63.7 Å². The Morgan fingerprint density at radius 3 is 1.31 bits per heavy atom. The fourth-order valence-electron chi connectivity index (χ4n) is 8.14. The highest BCUT2D eigenvalue weighted by Crippen LogP contribution is 2.54. The lowest BCUT2D eigenvalue weighted by atomic mass is 9.54. The molecule has 0 aromatic heterocycles. The third-order valence-corrected chi connectivity index (χ3v) is 10.9. The molecule has 260 valence electrons. The average molecular weight is 677 g/mol. The van der Waals surface area contributed by atoms with Gasteiger partial charge in [-0.05, 0) is 101 Å². The molecule has 6 aromatic carbocycles. The number of benzene rings is 6. The van der Waals surface area contributed by atoms with Gasteiger partial charge in [0.2, 0.25) is 0 Å². The molecule has 1 atom stereocenters. The van der Waals surface area contributed by atoms with E-state index < -0.39 is 10.8 Å². The maximum atomic E-state index is 11.2. The number of phenolic OH excluding ortho intramolecular Hbond substituents is 4. The summed E-state index contributed by atoms with van der Waals surface area (Å²) in [6, 6.07) is 47.1. The molecule has 51 heavy (non-hydrogen) atoms. The minimum atomic E-state index is -0.677. The summed E-state index contributed by atoms with van der Waals surface area (Å²) in [4.78, 5) is 0. The third kappa shape index (κ3) is 7.09. The molecule has 4 N–H and O–H groups in total. The Hall–Kier alpha value is -5.48. The van der Waals surface area contributed by atoms with Crippen LogP contribution in [0.1, 0.15) is 75.1 Å². The van der Waals surface area contributed by atoms with Gasteiger partial charge in [-0.25, -0.2) is 0 Å². The monoisotopic (exact) mass is 676 g/mol. The molecule has 6 aromatic rings. The Morgan fingerprint density at radius 1 is 0.510 bits per heavy atom. The minimum absolute atomic E-state index is 0.197. The predicted molar refractivity (Wildman–Crippen MR) is 208 cm³/mol. The fourth-order valence-corrected chi connectivity index (χ4v) is 8.14. The Morgan fingerprint density at radius 2 is 0.922 bits per heavy atom. The molecular weight excluding hydrogens is 629 g/mol. The first-order chi connectivity index (χ1) is 24.7. The average Bonchev–Trinajstić information content (AvgIpc) is 3.16. The van der Waals surface area contributed by atoms with Gasteiger partial charge in [-0.2, -0.15) is 0 Å². The van der Waals surface area contributed by atoms with E-state index >= 15 is 0 Å². The Kier molecular flexibility index (Phi) is 10.5. The van der Waals surface area contributed by atoms with Crippen molar-refractivity contribution >= 4 is 0 Å². The van der Waals surface area contributed by atoms with Gasteiger partial charge in [0.05, 0.1) is 0 Å². The largest absolute Gasteiger partial charge is 0.508 e. The van der Waals surface area contributed by atoms with Crippen LogP contribution in [0.4, 0.5) is 0 Å². The van der Waals surface area contributed by atoms with E-state index in [9.17, 15) is 20.4 Å². The molecule has 0 spiro atoms. The summed E-state index contributed by atoms with van der Waals surface area (Å²) in [5.41, 5.74) is 6.32. The third-order valence-electron chi connectivity index (χ3n) is 10.9. The van der Waals surface area contributed by atoms with E-state index in [-0.39, 0.29) is 28.9 Å². The molecule has 0 bridgehead atoms. The lowest BCUT2D eigenvalue weighted by molar-refractivity contribution is 0.232. The topological polar surface area (TPSA) is 80.9 Å². The summed E-state index contributed by atoms with van der Waals surface area (Å²) in [7, 11) is 0. The second-order valence-electron chi connectivity index (χ2n) is 14.0. The smallest absolute Gasteiger partial charge is 0.123 e. The zero-order valence-corrected chi connectivity index (χ0v) is 29.8. The van der Waals surface area contributed by atoms with Crippen molar-refractivity contribution in [1.29, 1.82) is 0 Å². The summed E-state index contributed by atoms with van der Waals surface area (Å²) >= 11 is 0. The molecule has 0 aliphatic heterocycles. The Labute approximate surface area is 302 Å². The summed E-state index contributed by atoms with van der Waals surface area (Å²) < 4.78 is 0. The zero-order valence-electron chi connectivity index (χ0n) is 29.8. The first-order valence-electron chi connectivity index (χ1n) is 18.1. The summed E-state index contributed by atoms with van der Waals surface area (Å²) in [5, 5.41) is 43.5. The number of rotatable bonds is 13. The van der Waals surface area contributed by atoms with Crippen LogP contribution in [0, 0.1) is 5.92 Å². The van der Waals surface area contributed by atoms with E-state index in [1.165, 1.54) is 0 Å². The van der Waals surface area contributed by atoms with Crippen LogP contribution in [0.2, 0.25) is 0 Å². The van der Waals surface area contributed by atoms with Gasteiger partial charge in [-0.1, -0.05) is 137 Å². The first-order valence-corrected chi connectivity index (χ1v) is 18.1. The lowest BCUT2D eigenvalue weighted by Gasteiger charge is -2.48. The molecule has 0 saturated carbocycles. The van der Waals surface area contributed by atoms with Gasteiger partial charge >= 0.3 is 0 Å². The Balaban J connectivity index is 1.68. The van der Waals surface area contributed by atoms with Crippen molar-refractivity contribution in [3.8, 4) is 45.3 Å². The highest BCUT2D eigenvalue weighted by Gasteiger charge is 2.47. The molecule has 6 rings (SSSR count). The lowest BCUT2D eigenvalue weighted by Crippen LogP contribution is -2.43. The van der Waals surface area contributed by atoms with Crippen LogP contribution in [-0.2, 0) is 10.8 Å². The van der Waals surface area contributed by atoms with Crippen LogP contribution in [-0.4, -0.2) is 20.4 Å². The second kappa shape index (κ2) is 15.2. The number of hydrogen-bond acceptors (Lipinski definition) is 4. The predicted octanol–water partition coefficient (Wildman–Crippen LogP) is 11.7. The summed E-state index contributed by atoms with van der Waals surface area (Å²) in [6.45, 7) is 6.76. The summed E-state index contributed by atoms with van der Waals surface area (Å²) in [5.74, 6) is 1.03. The van der Waals surface area contributed by atoms with Crippen molar-refractivity contribution in [2.24, 2.45) is 5.92 Å². The molecule has 0 fully saturated rings. The molecule has 0 aliphatic carbocycles. The van der Waals surface area contributed by atoms with Crippen molar-refractivity contribution < 1.29 is 20.4 Å². The fraction of sp³-hybridized carbons (Fsp3) is 0.234. The van der Waals surface area contributed by atoms with Crippen LogP contribution in [0.25, 0.3) is 22.3 Å². The highest BCUT2D eigenvalue weighted by molar-refractivity contribution is 5.74. The van der Waals surface area contributed by atoms with E-state index in [1.54, 1.807) is 36.4 Å². The summed E-state index contributed by atoms with van der Waals surface area (Å²) in [6.07, 6.45) is 4.64. The normalized spacial score (nSPS) is 12.5. The van der Waals surface area contributed by atoms with E-state index in [2.05, 4.69) is 57.2 Å². The molecule has 4 nitrogen and oxygen atoms in total. The van der Waals surface area contributed by atoms with Crippen molar-refractivity contribution in [3.63, 3.8) is 0 Å². The van der Waals surface area contributed by atoms with Gasteiger partial charge < -0.3 is 20.4 Å². The SMILES string of the molecule is CCCCC(CC)C(CC(C)(c1ccc(O)c(-c2ccccc2)c1)c1ccc(O)c(-c2ccccc2)c1)(c1ccc(O)cc1)c1ccc(O)cc1. The van der Waals surface area contributed by atoms with Gasteiger partial charge in [0.25, 0.3) is 0 Å². The Bertz CT molecular complexity index is 1900. The molecule has 4 heteroatoms. The number of hydrogen-bond donors (Lipinski definition) is 4. The quantitative estimate of drug-likeness (QED) is 0.0981. The second-order valence-corrected chi connectivity index (χ2v) is 14.0. The molecular formula is C47H48O4. The van der Waals surface area contributed by atoms with E-state index in [0.29, 0.717) is 6.42 Å². The number of phenols is 4. The van der Waals surface area contributed by atoms with E-state index in [0.717, 1.165) is 70.2 Å². The molecule has 1 unspecified atom stereocenters. The number of unbranched alkanes of at least 4 members (excludes halogenated alkanes) is 1. The first kappa shape index (κ1) is 35.3. The highest BCUT2D eigenvalue weighted by atomic mass is 16.3. The van der Waals surface area contributed by atoms with Gasteiger partial charge in [0.15, 0.2) is 0 Å². The van der Waals surface area contributed by atoms with Crippen molar-refractivity contribution in [2.75, 3.05) is 0 Å². The number of aromatic hydroxyl groups is 4. The molecule has 0 amide bonds. The maximum Gasteiger partial charge on any atom is 0.123 e. The minimum Gasteiger partial charge on any atom is -0.508 e. The maximum absolute atomic E-state index is 11.2. The zero-order chi connectivity index (χ0) is 36.0.